The molecular weight excluding hydrogens is 279 g/mol. The van der Waals surface area contributed by atoms with E-state index in [1.165, 1.54) is 12.1 Å². The molecule has 0 bridgehead atoms. The number of nitrogens with zero attached hydrogens (tertiary/aromatic N) is 1. The van der Waals surface area contributed by atoms with Crippen LogP contribution in [0.15, 0.2) is 60.8 Å². The second-order valence-electron chi connectivity index (χ2n) is 5.07. The Morgan fingerprint density at radius 2 is 1.82 bits per heavy atom. The van der Waals surface area contributed by atoms with Gasteiger partial charge in [-0.15, -0.1) is 0 Å². The third-order valence-corrected chi connectivity index (χ3v) is 3.49. The van der Waals surface area contributed by atoms with Crippen LogP contribution in [0.3, 0.4) is 0 Å². The Morgan fingerprint density at radius 1 is 1.05 bits per heavy atom. The fraction of sp³-hybridized carbons (Fsp3) is 0.111. The minimum Gasteiger partial charge on any atom is -0.352 e. The predicted octanol–water partition coefficient (Wildman–Crippen LogP) is 3.23. The minimum absolute atomic E-state index is 0.0903. The molecule has 1 amide bonds. The lowest BCUT2D eigenvalue weighted by Gasteiger charge is -2.08. The summed E-state index contributed by atoms with van der Waals surface area (Å²) < 4.78 is 12.8. The molecule has 110 valence electrons. The molecule has 0 atom stereocenters. The fourth-order valence-corrected chi connectivity index (χ4v) is 2.35. The highest BCUT2D eigenvalue weighted by molar-refractivity contribution is 5.83. The normalized spacial score (nSPS) is 10.6. The molecule has 0 aliphatic carbocycles. The summed E-state index contributed by atoms with van der Waals surface area (Å²) in [6, 6.07) is 15.7. The Bertz CT molecular complexity index is 794. The molecule has 0 saturated heterocycles. The number of hydrogen-bond donors (Lipinski definition) is 1. The summed E-state index contributed by atoms with van der Waals surface area (Å²) in [6.07, 6.45) is 1.98. The highest BCUT2D eigenvalue weighted by Crippen LogP contribution is 2.15. The third-order valence-electron chi connectivity index (χ3n) is 3.49. The molecule has 0 unspecified atom stereocenters. The van der Waals surface area contributed by atoms with Gasteiger partial charge in [0, 0.05) is 18.1 Å². The van der Waals surface area contributed by atoms with Crippen molar-refractivity contribution in [3.05, 3.63) is 77.7 Å². The number of carbonyl (C=O) groups is 1. The maximum absolute atomic E-state index is 12.8. The molecule has 22 heavy (non-hydrogen) atoms. The first-order valence-corrected chi connectivity index (χ1v) is 7.06. The third kappa shape index (κ3) is 3.28. The first-order valence-electron chi connectivity index (χ1n) is 7.06. The Labute approximate surface area is 127 Å². The van der Waals surface area contributed by atoms with E-state index in [2.05, 4.69) is 10.3 Å². The number of fused-ring (bicyclic) bond motifs is 1. The highest BCUT2D eigenvalue weighted by atomic mass is 19.1. The quantitative estimate of drug-likeness (QED) is 0.802. The van der Waals surface area contributed by atoms with Crippen LogP contribution in [0.5, 0.6) is 0 Å². The molecule has 0 spiro atoms. The molecule has 3 rings (SSSR count). The zero-order chi connectivity index (χ0) is 15.4. The van der Waals surface area contributed by atoms with Crippen LogP contribution in [0.4, 0.5) is 4.39 Å². The number of halogens is 1. The smallest absolute Gasteiger partial charge is 0.224 e. The van der Waals surface area contributed by atoms with E-state index in [1.807, 2.05) is 30.3 Å². The summed E-state index contributed by atoms with van der Waals surface area (Å²) in [5, 5.41) is 3.93. The van der Waals surface area contributed by atoms with E-state index in [-0.39, 0.29) is 18.1 Å². The average Bonchev–Trinajstić information content (AvgIpc) is 2.55. The van der Waals surface area contributed by atoms with Crippen molar-refractivity contribution in [2.45, 2.75) is 13.0 Å². The molecule has 1 heterocycles. The highest BCUT2D eigenvalue weighted by Gasteiger charge is 2.06. The van der Waals surface area contributed by atoms with Crippen LogP contribution in [-0.2, 0) is 17.8 Å². The summed E-state index contributed by atoms with van der Waals surface area (Å²) in [6.45, 7) is 0.447. The summed E-state index contributed by atoms with van der Waals surface area (Å²) in [7, 11) is 0. The first-order chi connectivity index (χ1) is 10.7. The SMILES string of the molecule is O=C(Cc1ccc(F)cc1)NCc1ccnc2ccccc12. The van der Waals surface area contributed by atoms with Crippen molar-refractivity contribution in [1.29, 1.82) is 0 Å². The lowest BCUT2D eigenvalue weighted by atomic mass is 10.1. The van der Waals surface area contributed by atoms with Gasteiger partial charge in [0.05, 0.1) is 11.9 Å². The Kier molecular flexibility index (Phi) is 4.10. The second kappa shape index (κ2) is 6.35. The van der Waals surface area contributed by atoms with Gasteiger partial charge in [-0.2, -0.15) is 0 Å². The van der Waals surface area contributed by atoms with Gasteiger partial charge in [-0.1, -0.05) is 30.3 Å². The zero-order valence-electron chi connectivity index (χ0n) is 11.9. The molecule has 0 saturated carbocycles. The topological polar surface area (TPSA) is 42.0 Å². The molecule has 1 aromatic heterocycles. The number of benzene rings is 2. The minimum atomic E-state index is -0.299. The maximum atomic E-state index is 12.8. The van der Waals surface area contributed by atoms with Crippen molar-refractivity contribution >= 4 is 16.8 Å². The number of para-hydroxylation sites is 1. The van der Waals surface area contributed by atoms with Crippen LogP contribution in [0.2, 0.25) is 0 Å². The predicted molar refractivity (Wildman–Crippen MR) is 83.7 cm³/mol. The van der Waals surface area contributed by atoms with Gasteiger partial charge in [0.15, 0.2) is 0 Å². The monoisotopic (exact) mass is 294 g/mol. The van der Waals surface area contributed by atoms with Gasteiger partial charge >= 0.3 is 0 Å². The Balaban J connectivity index is 1.66. The van der Waals surface area contributed by atoms with Gasteiger partial charge in [-0.3, -0.25) is 9.78 Å². The molecule has 3 nitrogen and oxygen atoms in total. The standard InChI is InChI=1S/C18H15FN2O/c19-15-7-5-13(6-8-15)11-18(22)21-12-14-9-10-20-17-4-2-1-3-16(14)17/h1-10H,11-12H2,(H,21,22). The molecular formula is C18H15FN2O. The van der Waals surface area contributed by atoms with E-state index >= 15 is 0 Å². The summed E-state index contributed by atoms with van der Waals surface area (Å²) in [4.78, 5) is 16.3. The molecule has 4 heteroatoms. The van der Waals surface area contributed by atoms with E-state index in [4.69, 9.17) is 0 Å². The first kappa shape index (κ1) is 14.2. The summed E-state index contributed by atoms with van der Waals surface area (Å²) in [5.41, 5.74) is 2.73. The van der Waals surface area contributed by atoms with Crippen LogP contribution in [0.1, 0.15) is 11.1 Å². The number of rotatable bonds is 4. The van der Waals surface area contributed by atoms with Crippen LogP contribution >= 0.6 is 0 Å². The average molecular weight is 294 g/mol. The van der Waals surface area contributed by atoms with Crippen molar-refractivity contribution in [2.24, 2.45) is 0 Å². The largest absolute Gasteiger partial charge is 0.352 e. The molecule has 0 radical (unpaired) electrons. The van der Waals surface area contributed by atoms with Gasteiger partial charge in [0.1, 0.15) is 5.82 Å². The second-order valence-corrected chi connectivity index (χ2v) is 5.07. The van der Waals surface area contributed by atoms with Gasteiger partial charge in [0.25, 0.3) is 0 Å². The van der Waals surface area contributed by atoms with E-state index in [0.29, 0.717) is 6.54 Å². The molecule has 0 fully saturated rings. The van der Waals surface area contributed by atoms with Crippen LogP contribution in [0, 0.1) is 5.82 Å². The zero-order valence-corrected chi connectivity index (χ0v) is 11.9. The number of hydrogen-bond acceptors (Lipinski definition) is 2. The molecule has 2 aromatic carbocycles. The van der Waals surface area contributed by atoms with Gasteiger partial charge in [0.2, 0.25) is 5.91 Å². The van der Waals surface area contributed by atoms with E-state index in [1.54, 1.807) is 18.3 Å². The van der Waals surface area contributed by atoms with Crippen LogP contribution in [-0.4, -0.2) is 10.9 Å². The number of pyridine rings is 1. The van der Waals surface area contributed by atoms with E-state index in [9.17, 15) is 9.18 Å². The molecule has 0 aliphatic heterocycles. The van der Waals surface area contributed by atoms with Crippen LogP contribution < -0.4 is 5.32 Å². The molecule has 0 aliphatic rings. The van der Waals surface area contributed by atoms with Gasteiger partial charge in [-0.05, 0) is 35.4 Å². The number of nitrogens with one attached hydrogen (secondary N) is 1. The summed E-state index contributed by atoms with van der Waals surface area (Å²) in [5.74, 6) is -0.389. The van der Waals surface area contributed by atoms with E-state index < -0.39 is 0 Å². The van der Waals surface area contributed by atoms with Crippen LogP contribution in [0.25, 0.3) is 10.9 Å². The van der Waals surface area contributed by atoms with Gasteiger partial charge in [-0.25, -0.2) is 4.39 Å². The van der Waals surface area contributed by atoms with Crippen molar-refractivity contribution < 1.29 is 9.18 Å². The lowest BCUT2D eigenvalue weighted by molar-refractivity contribution is -0.120. The number of carbonyl (C=O) groups excluding carboxylic acids is 1. The maximum Gasteiger partial charge on any atom is 0.224 e. The lowest BCUT2D eigenvalue weighted by Crippen LogP contribution is -2.24. The Hall–Kier alpha value is -2.75. The molecule has 3 aromatic rings. The van der Waals surface area contributed by atoms with Gasteiger partial charge < -0.3 is 5.32 Å². The fourth-order valence-electron chi connectivity index (χ4n) is 2.35. The summed E-state index contributed by atoms with van der Waals surface area (Å²) >= 11 is 0. The van der Waals surface area contributed by atoms with E-state index in [0.717, 1.165) is 22.0 Å². The molecule has 1 N–H and O–H groups in total. The number of amides is 1. The Morgan fingerprint density at radius 3 is 2.64 bits per heavy atom. The van der Waals surface area contributed by atoms with Crippen molar-refractivity contribution in [3.63, 3.8) is 0 Å². The van der Waals surface area contributed by atoms with Crippen molar-refractivity contribution in [1.82, 2.24) is 10.3 Å². The van der Waals surface area contributed by atoms with Crippen molar-refractivity contribution in [3.8, 4) is 0 Å². The van der Waals surface area contributed by atoms with Crippen molar-refractivity contribution in [2.75, 3.05) is 0 Å². The number of aromatic nitrogens is 1.